The summed E-state index contributed by atoms with van der Waals surface area (Å²) >= 11 is 0. The summed E-state index contributed by atoms with van der Waals surface area (Å²) in [5, 5.41) is 0. The predicted molar refractivity (Wildman–Crippen MR) is 64.0 cm³/mol. The lowest BCUT2D eigenvalue weighted by Crippen LogP contribution is -2.39. The Morgan fingerprint density at radius 3 is 1.93 bits per heavy atom. The van der Waals surface area contributed by atoms with E-state index >= 15 is 0 Å². The first-order valence-corrected chi connectivity index (χ1v) is 8.65. The minimum absolute atomic E-state index is 0.905. The molecule has 3 heteroatoms. The largest absolute Gasteiger partial charge is 0.404 e. The van der Waals surface area contributed by atoms with Crippen molar-refractivity contribution in [3.05, 3.63) is 0 Å². The number of likely N-dealkylation sites (tertiary alicyclic amines) is 1. The maximum absolute atomic E-state index is 6.23. The molecule has 2 nitrogen and oxygen atoms in total. The molecule has 0 aromatic heterocycles. The molecule has 14 heavy (non-hydrogen) atoms. The molecule has 1 saturated heterocycles. The second-order valence-corrected chi connectivity index (χ2v) is 9.12. The molecule has 1 fully saturated rings. The van der Waals surface area contributed by atoms with Gasteiger partial charge in [-0.2, -0.15) is 0 Å². The molecule has 1 aliphatic heterocycles. The summed E-state index contributed by atoms with van der Waals surface area (Å²) < 4.78 is 6.23. The Balaban J connectivity index is 2.31. The zero-order chi connectivity index (χ0) is 10.4. The minimum Gasteiger partial charge on any atom is -0.404 e. The highest BCUT2D eigenvalue weighted by Gasteiger charge is 2.29. The van der Waals surface area contributed by atoms with E-state index in [1.807, 2.05) is 0 Å². The summed E-state index contributed by atoms with van der Waals surface area (Å²) in [5.74, 6) is 0. The van der Waals surface area contributed by atoms with Crippen LogP contribution in [0.4, 0.5) is 0 Å². The van der Waals surface area contributed by atoms with Gasteiger partial charge in [0, 0.05) is 13.1 Å². The molecule has 0 N–H and O–H groups in total. The van der Waals surface area contributed by atoms with Gasteiger partial charge in [0.1, 0.15) is 0 Å². The standard InChI is InChI=1S/C11H25NOSi/c1-4-14(5-2,6-3)13-11-12-9-7-8-10-12/h4-11H2,1-3H3. The number of hydrogen-bond acceptors (Lipinski definition) is 2. The Labute approximate surface area is 89.8 Å². The molecule has 1 heterocycles. The van der Waals surface area contributed by atoms with Crippen molar-refractivity contribution in [2.45, 2.75) is 51.7 Å². The van der Waals surface area contributed by atoms with Gasteiger partial charge < -0.3 is 4.43 Å². The van der Waals surface area contributed by atoms with Crippen LogP contribution in [0.1, 0.15) is 33.6 Å². The fraction of sp³-hybridized carbons (Fsp3) is 1.00. The van der Waals surface area contributed by atoms with Gasteiger partial charge in [0.15, 0.2) is 8.32 Å². The van der Waals surface area contributed by atoms with Gasteiger partial charge in [-0.1, -0.05) is 20.8 Å². The first-order valence-electron chi connectivity index (χ1n) is 6.12. The van der Waals surface area contributed by atoms with Crippen molar-refractivity contribution < 1.29 is 4.43 Å². The van der Waals surface area contributed by atoms with Gasteiger partial charge in [-0.3, -0.25) is 4.90 Å². The van der Waals surface area contributed by atoms with E-state index in [4.69, 9.17) is 4.43 Å². The van der Waals surface area contributed by atoms with Crippen molar-refractivity contribution in [1.29, 1.82) is 0 Å². The van der Waals surface area contributed by atoms with Crippen LogP contribution in [-0.2, 0) is 4.43 Å². The molecule has 84 valence electrons. The van der Waals surface area contributed by atoms with Crippen LogP contribution < -0.4 is 0 Å². The molecule has 0 spiro atoms. The Bertz CT molecular complexity index is 145. The maximum Gasteiger partial charge on any atom is 0.193 e. The van der Waals surface area contributed by atoms with Crippen LogP contribution in [0, 0.1) is 0 Å². The molecule has 0 radical (unpaired) electrons. The maximum atomic E-state index is 6.23. The van der Waals surface area contributed by atoms with Gasteiger partial charge in [0.05, 0.1) is 6.73 Å². The molecule has 0 unspecified atom stereocenters. The smallest absolute Gasteiger partial charge is 0.193 e. The van der Waals surface area contributed by atoms with Gasteiger partial charge in [0.2, 0.25) is 0 Å². The van der Waals surface area contributed by atoms with Gasteiger partial charge in [-0.15, -0.1) is 0 Å². The summed E-state index contributed by atoms with van der Waals surface area (Å²) in [6.45, 7) is 10.3. The summed E-state index contributed by atoms with van der Waals surface area (Å²) in [5.41, 5.74) is 0. The molecule has 0 atom stereocenters. The van der Waals surface area contributed by atoms with Gasteiger partial charge in [0.25, 0.3) is 0 Å². The zero-order valence-corrected chi connectivity index (χ0v) is 11.0. The molecule has 0 amide bonds. The first kappa shape index (κ1) is 12.2. The van der Waals surface area contributed by atoms with Crippen LogP contribution in [0.2, 0.25) is 18.1 Å². The molecule has 0 aromatic rings. The summed E-state index contributed by atoms with van der Waals surface area (Å²) in [6, 6.07) is 3.82. The third-order valence-corrected chi connectivity index (χ3v) is 8.29. The van der Waals surface area contributed by atoms with Gasteiger partial charge >= 0.3 is 0 Å². The van der Waals surface area contributed by atoms with Crippen molar-refractivity contribution in [3.8, 4) is 0 Å². The Morgan fingerprint density at radius 1 is 1.00 bits per heavy atom. The van der Waals surface area contributed by atoms with E-state index in [1.165, 1.54) is 44.1 Å². The molecule has 0 bridgehead atoms. The van der Waals surface area contributed by atoms with E-state index in [0.29, 0.717) is 0 Å². The zero-order valence-electron chi connectivity index (χ0n) is 10.0. The average molecular weight is 215 g/mol. The SMILES string of the molecule is CC[Si](CC)(CC)OCN1CCCC1. The predicted octanol–water partition coefficient (Wildman–Crippen LogP) is 3.06. The van der Waals surface area contributed by atoms with E-state index in [2.05, 4.69) is 25.7 Å². The van der Waals surface area contributed by atoms with Crippen molar-refractivity contribution in [3.63, 3.8) is 0 Å². The molecular formula is C11H25NOSi. The molecule has 0 saturated carbocycles. The Morgan fingerprint density at radius 2 is 1.50 bits per heavy atom. The van der Waals surface area contributed by atoms with Crippen LogP contribution in [0.25, 0.3) is 0 Å². The second kappa shape index (κ2) is 5.88. The van der Waals surface area contributed by atoms with E-state index in [1.54, 1.807) is 0 Å². The lowest BCUT2D eigenvalue weighted by atomic mass is 10.4. The highest BCUT2D eigenvalue weighted by molar-refractivity contribution is 6.73. The monoisotopic (exact) mass is 215 g/mol. The van der Waals surface area contributed by atoms with Crippen molar-refractivity contribution in [2.24, 2.45) is 0 Å². The average Bonchev–Trinajstić information content (AvgIpc) is 2.74. The fourth-order valence-electron chi connectivity index (χ4n) is 2.20. The first-order chi connectivity index (χ1) is 6.76. The Hall–Kier alpha value is 0.137. The topological polar surface area (TPSA) is 12.5 Å². The van der Waals surface area contributed by atoms with E-state index in [0.717, 1.165) is 6.73 Å². The molecule has 1 aliphatic rings. The number of rotatable bonds is 6. The van der Waals surface area contributed by atoms with Crippen LogP contribution >= 0.6 is 0 Å². The van der Waals surface area contributed by atoms with E-state index in [-0.39, 0.29) is 0 Å². The van der Waals surface area contributed by atoms with E-state index < -0.39 is 8.32 Å². The molecule has 1 rings (SSSR count). The molecule has 0 aliphatic carbocycles. The van der Waals surface area contributed by atoms with Gasteiger partial charge in [-0.25, -0.2) is 0 Å². The van der Waals surface area contributed by atoms with E-state index in [9.17, 15) is 0 Å². The fourth-order valence-corrected chi connectivity index (χ4v) is 4.76. The van der Waals surface area contributed by atoms with Crippen LogP contribution in [-0.4, -0.2) is 33.0 Å². The second-order valence-electron chi connectivity index (χ2n) is 4.34. The Kier molecular flexibility index (Phi) is 5.13. The highest BCUT2D eigenvalue weighted by Crippen LogP contribution is 2.22. The lowest BCUT2D eigenvalue weighted by Gasteiger charge is -2.30. The van der Waals surface area contributed by atoms with Crippen LogP contribution in [0.3, 0.4) is 0 Å². The van der Waals surface area contributed by atoms with Crippen molar-refractivity contribution in [1.82, 2.24) is 4.90 Å². The summed E-state index contributed by atoms with van der Waals surface area (Å²) in [7, 11) is -1.33. The highest BCUT2D eigenvalue weighted by atomic mass is 28.4. The lowest BCUT2D eigenvalue weighted by molar-refractivity contribution is 0.141. The summed E-state index contributed by atoms with van der Waals surface area (Å²) in [4.78, 5) is 2.46. The molecular weight excluding hydrogens is 190 g/mol. The third-order valence-electron chi connectivity index (χ3n) is 3.69. The number of nitrogens with zero attached hydrogens (tertiary/aromatic N) is 1. The summed E-state index contributed by atoms with van der Waals surface area (Å²) in [6.07, 6.45) is 2.73. The van der Waals surface area contributed by atoms with Crippen molar-refractivity contribution >= 4 is 8.32 Å². The van der Waals surface area contributed by atoms with Crippen LogP contribution in [0.15, 0.2) is 0 Å². The molecule has 0 aromatic carbocycles. The minimum atomic E-state index is -1.33. The van der Waals surface area contributed by atoms with Crippen molar-refractivity contribution in [2.75, 3.05) is 19.8 Å². The van der Waals surface area contributed by atoms with Gasteiger partial charge in [-0.05, 0) is 31.0 Å². The normalized spacial score (nSPS) is 19.1. The number of hydrogen-bond donors (Lipinski definition) is 0. The quantitative estimate of drug-likeness (QED) is 0.631. The third kappa shape index (κ3) is 3.07. The van der Waals surface area contributed by atoms with Crippen LogP contribution in [0.5, 0.6) is 0 Å².